The largest absolute Gasteiger partial charge is 0.493 e. The Morgan fingerprint density at radius 3 is 2.76 bits per heavy atom. The van der Waals surface area contributed by atoms with Crippen molar-refractivity contribution in [2.45, 2.75) is 19.6 Å². The van der Waals surface area contributed by atoms with Gasteiger partial charge in [-0.2, -0.15) is 0 Å². The van der Waals surface area contributed by atoms with Crippen molar-refractivity contribution < 1.29 is 14.2 Å². The molecule has 1 N–H and O–H groups in total. The average molecular weight is 484 g/mol. The maximum atomic E-state index is 6.22. The van der Waals surface area contributed by atoms with Crippen LogP contribution in [0.25, 0.3) is 0 Å². The molecule has 1 saturated heterocycles. The van der Waals surface area contributed by atoms with Gasteiger partial charge in [-0.15, -0.1) is 0 Å². The molecule has 0 spiro atoms. The maximum Gasteiger partial charge on any atom is 0.175 e. The molecule has 0 bridgehead atoms. The summed E-state index contributed by atoms with van der Waals surface area (Å²) < 4.78 is 17.8. The summed E-state index contributed by atoms with van der Waals surface area (Å²) in [6.45, 7) is 7.04. The van der Waals surface area contributed by atoms with Gasteiger partial charge in [0, 0.05) is 30.2 Å². The van der Waals surface area contributed by atoms with Crippen LogP contribution in [-0.2, 0) is 17.9 Å². The minimum Gasteiger partial charge on any atom is -0.493 e. The first-order chi connectivity index (χ1) is 14.2. The Morgan fingerprint density at radius 2 is 2.00 bits per heavy atom. The number of ether oxygens (including phenoxy) is 3. The maximum absolute atomic E-state index is 6.22. The second-order valence-corrected chi connectivity index (χ2v) is 8.23. The van der Waals surface area contributed by atoms with Crippen LogP contribution in [-0.4, -0.2) is 51.4 Å². The Bertz CT molecular complexity index is 785. The van der Waals surface area contributed by atoms with E-state index in [2.05, 4.69) is 32.2 Å². The van der Waals surface area contributed by atoms with Crippen molar-refractivity contribution in [1.29, 1.82) is 0 Å². The predicted molar refractivity (Wildman–Crippen MR) is 120 cm³/mol. The quantitative estimate of drug-likeness (QED) is 0.504. The number of hydrogen-bond donors (Lipinski definition) is 1. The van der Waals surface area contributed by atoms with Crippen molar-refractivity contribution >= 4 is 27.5 Å². The number of halogens is 2. The lowest BCUT2D eigenvalue weighted by atomic mass is 10.2. The third-order valence-corrected chi connectivity index (χ3v) is 5.84. The van der Waals surface area contributed by atoms with Gasteiger partial charge >= 0.3 is 0 Å². The van der Waals surface area contributed by atoms with Gasteiger partial charge in [-0.25, -0.2) is 0 Å². The van der Waals surface area contributed by atoms with E-state index >= 15 is 0 Å². The molecule has 0 radical (unpaired) electrons. The molecule has 3 rings (SSSR count). The molecule has 2 aromatic rings. The van der Waals surface area contributed by atoms with Crippen LogP contribution in [0.5, 0.6) is 11.5 Å². The number of nitrogens with zero attached hydrogens (tertiary/aromatic N) is 1. The van der Waals surface area contributed by atoms with Crippen molar-refractivity contribution in [1.82, 2.24) is 10.2 Å². The number of nitrogens with one attached hydrogen (secondary N) is 1. The van der Waals surface area contributed by atoms with Crippen molar-refractivity contribution in [2.24, 2.45) is 0 Å². The van der Waals surface area contributed by atoms with Crippen molar-refractivity contribution in [2.75, 3.05) is 46.5 Å². The molecular formula is C22H28BrClN2O3. The molecule has 158 valence electrons. The fraction of sp³-hybridized carbons (Fsp3) is 0.455. The van der Waals surface area contributed by atoms with Gasteiger partial charge in [0.05, 0.1) is 24.8 Å². The topological polar surface area (TPSA) is 43.0 Å². The summed E-state index contributed by atoms with van der Waals surface area (Å²) in [5, 5.41) is 4.21. The zero-order chi connectivity index (χ0) is 20.5. The molecule has 1 aliphatic rings. The number of hydrogen-bond acceptors (Lipinski definition) is 5. The molecule has 2 aromatic carbocycles. The standard InChI is InChI=1S/C22H28BrClN2O3/c1-27-21-14-17(15-25-7-4-8-26-9-11-28-12-10-26)13-19(23)22(21)29-16-18-5-2-3-6-20(18)24/h2-3,5-6,13-14,25H,4,7-12,15-16H2,1H3. The van der Waals surface area contributed by atoms with Crippen LogP contribution in [0, 0.1) is 0 Å². The van der Waals surface area contributed by atoms with E-state index in [9.17, 15) is 0 Å². The molecular weight excluding hydrogens is 456 g/mol. The molecule has 0 amide bonds. The summed E-state index contributed by atoms with van der Waals surface area (Å²) in [5.74, 6) is 1.39. The van der Waals surface area contributed by atoms with Gasteiger partial charge < -0.3 is 19.5 Å². The number of methoxy groups -OCH3 is 1. The highest BCUT2D eigenvalue weighted by Gasteiger charge is 2.13. The first kappa shape index (κ1) is 22.4. The van der Waals surface area contributed by atoms with E-state index in [0.717, 1.165) is 68.0 Å². The van der Waals surface area contributed by atoms with Crippen molar-refractivity contribution in [3.8, 4) is 11.5 Å². The van der Waals surface area contributed by atoms with Gasteiger partial charge in [-0.3, -0.25) is 4.90 Å². The fourth-order valence-electron chi connectivity index (χ4n) is 3.27. The fourth-order valence-corrected chi connectivity index (χ4v) is 4.06. The van der Waals surface area contributed by atoms with Crippen molar-refractivity contribution in [3.63, 3.8) is 0 Å². The van der Waals surface area contributed by atoms with Crippen LogP contribution in [0.15, 0.2) is 40.9 Å². The molecule has 29 heavy (non-hydrogen) atoms. The van der Waals surface area contributed by atoms with Gasteiger partial charge in [0.1, 0.15) is 6.61 Å². The van der Waals surface area contributed by atoms with E-state index in [1.165, 1.54) is 0 Å². The Balaban J connectivity index is 1.50. The highest BCUT2D eigenvalue weighted by molar-refractivity contribution is 9.10. The van der Waals surface area contributed by atoms with Gasteiger partial charge in [0.25, 0.3) is 0 Å². The highest BCUT2D eigenvalue weighted by atomic mass is 79.9. The molecule has 0 aromatic heterocycles. The zero-order valence-corrected chi connectivity index (χ0v) is 19.1. The van der Waals surface area contributed by atoms with Crippen LogP contribution in [0.3, 0.4) is 0 Å². The van der Waals surface area contributed by atoms with Crippen molar-refractivity contribution in [3.05, 3.63) is 57.0 Å². The molecule has 0 unspecified atom stereocenters. The predicted octanol–water partition coefficient (Wildman–Crippen LogP) is 4.50. The van der Waals surface area contributed by atoms with Gasteiger partial charge in [0.15, 0.2) is 11.5 Å². The van der Waals surface area contributed by atoms with E-state index in [4.69, 9.17) is 25.8 Å². The summed E-state index contributed by atoms with van der Waals surface area (Å²) in [4.78, 5) is 2.45. The lowest BCUT2D eigenvalue weighted by molar-refractivity contribution is 0.0374. The summed E-state index contributed by atoms with van der Waals surface area (Å²) in [6, 6.07) is 11.8. The molecule has 5 nitrogen and oxygen atoms in total. The minimum atomic E-state index is 0.383. The molecule has 0 saturated carbocycles. The van der Waals surface area contributed by atoms with E-state index in [-0.39, 0.29) is 0 Å². The number of benzene rings is 2. The Hall–Kier alpha value is -1.31. The van der Waals surface area contributed by atoms with Crippen LogP contribution >= 0.6 is 27.5 Å². The normalized spacial score (nSPS) is 14.7. The smallest absolute Gasteiger partial charge is 0.175 e. The molecule has 1 aliphatic heterocycles. The molecule has 1 heterocycles. The Morgan fingerprint density at radius 1 is 1.21 bits per heavy atom. The van der Waals surface area contributed by atoms with Gasteiger partial charge in [-0.05, 0) is 59.2 Å². The zero-order valence-electron chi connectivity index (χ0n) is 16.8. The molecule has 1 fully saturated rings. The lowest BCUT2D eigenvalue weighted by Gasteiger charge is -2.26. The van der Waals surface area contributed by atoms with Crippen LogP contribution in [0.1, 0.15) is 17.5 Å². The first-order valence-electron chi connectivity index (χ1n) is 9.91. The third-order valence-electron chi connectivity index (χ3n) is 4.88. The summed E-state index contributed by atoms with van der Waals surface area (Å²) in [6.07, 6.45) is 1.12. The Labute approximate surface area is 186 Å². The molecule has 0 atom stereocenters. The second-order valence-electron chi connectivity index (χ2n) is 6.97. The van der Waals surface area contributed by atoms with E-state index < -0.39 is 0 Å². The van der Waals surface area contributed by atoms with Gasteiger partial charge in [0.2, 0.25) is 0 Å². The number of morpholine rings is 1. The van der Waals surface area contributed by atoms with E-state index in [0.29, 0.717) is 23.1 Å². The molecule has 7 heteroatoms. The summed E-state index contributed by atoms with van der Waals surface area (Å²) in [7, 11) is 1.66. The van der Waals surface area contributed by atoms with E-state index in [1.807, 2.05) is 30.3 Å². The monoisotopic (exact) mass is 482 g/mol. The Kier molecular flexibility index (Phi) is 9.08. The van der Waals surface area contributed by atoms with Gasteiger partial charge in [-0.1, -0.05) is 29.8 Å². The van der Waals surface area contributed by atoms with Crippen LogP contribution < -0.4 is 14.8 Å². The lowest BCUT2D eigenvalue weighted by Crippen LogP contribution is -2.37. The third kappa shape index (κ3) is 6.86. The SMILES string of the molecule is COc1cc(CNCCCN2CCOCC2)cc(Br)c1OCc1ccccc1Cl. The highest BCUT2D eigenvalue weighted by Crippen LogP contribution is 2.37. The molecule has 0 aliphatic carbocycles. The first-order valence-corrected chi connectivity index (χ1v) is 11.1. The average Bonchev–Trinajstić information content (AvgIpc) is 2.74. The second kappa shape index (κ2) is 11.8. The summed E-state index contributed by atoms with van der Waals surface area (Å²) >= 11 is 9.84. The summed E-state index contributed by atoms with van der Waals surface area (Å²) in [5.41, 5.74) is 2.08. The van der Waals surface area contributed by atoms with Crippen LogP contribution in [0.2, 0.25) is 5.02 Å². The van der Waals surface area contributed by atoms with Crippen LogP contribution in [0.4, 0.5) is 0 Å². The van der Waals surface area contributed by atoms with E-state index in [1.54, 1.807) is 7.11 Å². The number of rotatable bonds is 10. The minimum absolute atomic E-state index is 0.383.